The van der Waals surface area contributed by atoms with Crippen molar-refractivity contribution in [2.24, 2.45) is 0 Å². The Morgan fingerprint density at radius 2 is 2.00 bits per heavy atom. The Hall–Kier alpha value is -2.18. The van der Waals surface area contributed by atoms with Crippen molar-refractivity contribution in [3.8, 4) is 0 Å². The van der Waals surface area contributed by atoms with E-state index in [-0.39, 0.29) is 5.56 Å². The van der Waals surface area contributed by atoms with E-state index in [1.54, 1.807) is 0 Å². The van der Waals surface area contributed by atoms with Gasteiger partial charge in [-0.05, 0) is 73.3 Å². The Bertz CT molecular complexity index is 1030. The van der Waals surface area contributed by atoms with Crippen LogP contribution in [0.3, 0.4) is 0 Å². The Balaban J connectivity index is 1.64. The number of hydrogen-bond donors (Lipinski definition) is 3. The van der Waals surface area contributed by atoms with Gasteiger partial charge in [0.05, 0.1) is 5.52 Å². The number of H-pyrrole nitrogens is 1. The molecule has 1 heterocycles. The van der Waals surface area contributed by atoms with Crippen molar-refractivity contribution >= 4 is 49.9 Å². The first-order chi connectivity index (χ1) is 12.4. The van der Waals surface area contributed by atoms with E-state index in [1.165, 1.54) is 5.56 Å². The van der Waals surface area contributed by atoms with E-state index in [4.69, 9.17) is 12.2 Å². The van der Waals surface area contributed by atoms with Gasteiger partial charge in [-0.1, -0.05) is 34.1 Å². The maximum absolute atomic E-state index is 12.4. The minimum absolute atomic E-state index is 0.0427. The number of thiocarbonyl (C=S) groups is 1. The molecule has 0 aliphatic rings. The van der Waals surface area contributed by atoms with Crippen molar-refractivity contribution in [2.75, 3.05) is 11.9 Å². The van der Waals surface area contributed by atoms with Crippen LogP contribution in [0.25, 0.3) is 10.9 Å². The number of aryl methyl sites for hydroxylation is 2. The van der Waals surface area contributed by atoms with Crippen LogP contribution in [0.1, 0.15) is 16.7 Å². The number of aromatic nitrogens is 1. The zero-order valence-electron chi connectivity index (χ0n) is 14.7. The highest BCUT2D eigenvalue weighted by Gasteiger charge is 2.07. The van der Waals surface area contributed by atoms with Gasteiger partial charge in [-0.2, -0.15) is 0 Å². The lowest BCUT2D eigenvalue weighted by Crippen LogP contribution is -2.31. The molecule has 0 saturated carbocycles. The number of rotatable bonds is 4. The molecule has 2 aromatic carbocycles. The van der Waals surface area contributed by atoms with E-state index >= 15 is 0 Å². The normalized spacial score (nSPS) is 10.7. The second-order valence-corrected chi connectivity index (χ2v) is 7.56. The molecule has 3 aromatic rings. The molecule has 1 aromatic heterocycles. The summed E-state index contributed by atoms with van der Waals surface area (Å²) < 4.78 is 0.985. The van der Waals surface area contributed by atoms with Crippen LogP contribution in [-0.2, 0) is 6.42 Å². The second-order valence-electron chi connectivity index (χ2n) is 6.24. The third-order valence-corrected chi connectivity index (χ3v) is 5.13. The SMILES string of the molecule is Cc1ccc2cc(CCNC(=S)Nc3cccc(Br)c3)c(=O)[nH]c2c1C. The molecule has 0 bridgehead atoms. The van der Waals surface area contributed by atoms with Crippen molar-refractivity contribution in [1.29, 1.82) is 0 Å². The summed E-state index contributed by atoms with van der Waals surface area (Å²) in [6, 6.07) is 13.9. The Morgan fingerprint density at radius 3 is 2.77 bits per heavy atom. The number of fused-ring (bicyclic) bond motifs is 1. The van der Waals surface area contributed by atoms with Crippen LogP contribution in [0.2, 0.25) is 0 Å². The van der Waals surface area contributed by atoms with Crippen LogP contribution < -0.4 is 16.2 Å². The van der Waals surface area contributed by atoms with Gasteiger partial charge < -0.3 is 15.6 Å². The van der Waals surface area contributed by atoms with Crippen molar-refractivity contribution in [3.63, 3.8) is 0 Å². The molecule has 26 heavy (non-hydrogen) atoms. The maximum Gasteiger partial charge on any atom is 0.251 e. The lowest BCUT2D eigenvalue weighted by molar-refractivity contribution is 0.863. The van der Waals surface area contributed by atoms with Crippen molar-refractivity contribution in [2.45, 2.75) is 20.3 Å². The van der Waals surface area contributed by atoms with Gasteiger partial charge in [0.15, 0.2) is 5.11 Å². The van der Waals surface area contributed by atoms with Gasteiger partial charge in [-0.25, -0.2) is 0 Å². The summed E-state index contributed by atoms with van der Waals surface area (Å²) in [5.74, 6) is 0. The molecule has 0 amide bonds. The topological polar surface area (TPSA) is 56.9 Å². The van der Waals surface area contributed by atoms with E-state index < -0.39 is 0 Å². The smallest absolute Gasteiger partial charge is 0.251 e. The molecular formula is C20H20BrN3OS. The third-order valence-electron chi connectivity index (χ3n) is 4.39. The lowest BCUT2D eigenvalue weighted by atomic mass is 10.0. The third kappa shape index (κ3) is 4.31. The highest BCUT2D eigenvalue weighted by atomic mass is 79.9. The average Bonchev–Trinajstić information content (AvgIpc) is 2.59. The summed E-state index contributed by atoms with van der Waals surface area (Å²) in [4.78, 5) is 15.4. The second kappa shape index (κ2) is 8.01. The molecular weight excluding hydrogens is 410 g/mol. The van der Waals surface area contributed by atoms with Gasteiger partial charge in [0, 0.05) is 22.3 Å². The molecule has 0 aliphatic carbocycles. The van der Waals surface area contributed by atoms with Gasteiger partial charge in [0.1, 0.15) is 0 Å². The predicted molar refractivity (Wildman–Crippen MR) is 116 cm³/mol. The summed E-state index contributed by atoms with van der Waals surface area (Å²) in [5, 5.41) is 7.87. The Labute approximate surface area is 166 Å². The van der Waals surface area contributed by atoms with Crippen LogP contribution in [0.4, 0.5) is 5.69 Å². The first-order valence-corrected chi connectivity index (χ1v) is 9.56. The zero-order chi connectivity index (χ0) is 18.7. The Kier molecular flexibility index (Phi) is 5.74. The number of benzene rings is 2. The number of nitrogens with one attached hydrogen (secondary N) is 3. The zero-order valence-corrected chi connectivity index (χ0v) is 17.1. The molecule has 0 unspecified atom stereocenters. The predicted octanol–water partition coefficient (Wildman–Crippen LogP) is 4.44. The van der Waals surface area contributed by atoms with Crippen LogP contribution in [0.5, 0.6) is 0 Å². The van der Waals surface area contributed by atoms with Gasteiger partial charge in [0.2, 0.25) is 0 Å². The van der Waals surface area contributed by atoms with Gasteiger partial charge in [-0.3, -0.25) is 4.79 Å². The highest BCUT2D eigenvalue weighted by Crippen LogP contribution is 2.19. The molecule has 4 nitrogen and oxygen atoms in total. The summed E-state index contributed by atoms with van der Waals surface area (Å²) in [6.45, 7) is 4.66. The minimum atomic E-state index is -0.0427. The van der Waals surface area contributed by atoms with Gasteiger partial charge >= 0.3 is 0 Å². The quantitative estimate of drug-likeness (QED) is 0.536. The number of anilines is 1. The summed E-state index contributed by atoms with van der Waals surface area (Å²) in [5.41, 5.74) is 4.82. The molecule has 0 radical (unpaired) electrons. The van der Waals surface area contributed by atoms with Crippen LogP contribution in [0, 0.1) is 13.8 Å². The molecule has 6 heteroatoms. The van der Waals surface area contributed by atoms with Crippen LogP contribution in [0.15, 0.2) is 51.7 Å². The van der Waals surface area contributed by atoms with Gasteiger partial charge in [0.25, 0.3) is 5.56 Å². The van der Waals surface area contributed by atoms with E-state index in [9.17, 15) is 4.79 Å². The van der Waals surface area contributed by atoms with E-state index in [1.807, 2.05) is 50.2 Å². The van der Waals surface area contributed by atoms with Gasteiger partial charge in [-0.15, -0.1) is 0 Å². The van der Waals surface area contributed by atoms with Crippen molar-refractivity contribution in [1.82, 2.24) is 10.3 Å². The fourth-order valence-corrected chi connectivity index (χ4v) is 3.43. The first kappa shape index (κ1) is 18.6. The maximum atomic E-state index is 12.4. The number of halogens is 1. The van der Waals surface area contributed by atoms with Crippen molar-refractivity contribution < 1.29 is 0 Å². The van der Waals surface area contributed by atoms with E-state index in [2.05, 4.69) is 37.6 Å². The Morgan fingerprint density at radius 1 is 1.19 bits per heavy atom. The highest BCUT2D eigenvalue weighted by molar-refractivity contribution is 9.10. The summed E-state index contributed by atoms with van der Waals surface area (Å²) in [7, 11) is 0. The largest absolute Gasteiger partial charge is 0.362 e. The fraction of sp³-hybridized carbons (Fsp3) is 0.200. The average molecular weight is 430 g/mol. The summed E-state index contributed by atoms with van der Waals surface area (Å²) in [6.07, 6.45) is 0.596. The van der Waals surface area contributed by atoms with E-state index in [0.29, 0.717) is 18.1 Å². The molecule has 3 N–H and O–H groups in total. The van der Waals surface area contributed by atoms with Crippen LogP contribution in [-0.4, -0.2) is 16.6 Å². The fourth-order valence-electron chi connectivity index (χ4n) is 2.81. The number of aromatic amines is 1. The number of hydrogen-bond acceptors (Lipinski definition) is 2. The molecule has 0 saturated heterocycles. The molecule has 3 rings (SSSR count). The molecule has 0 aliphatic heterocycles. The molecule has 0 spiro atoms. The number of pyridine rings is 1. The lowest BCUT2D eigenvalue weighted by Gasteiger charge is -2.11. The minimum Gasteiger partial charge on any atom is -0.362 e. The monoisotopic (exact) mass is 429 g/mol. The first-order valence-electron chi connectivity index (χ1n) is 8.36. The van der Waals surface area contributed by atoms with Crippen molar-refractivity contribution in [3.05, 3.63) is 74.0 Å². The molecule has 134 valence electrons. The molecule has 0 fully saturated rings. The standard InChI is InChI=1S/C20H20BrN3OS/c1-12-6-7-14-10-15(19(25)24-18(14)13(12)2)8-9-22-20(26)23-17-5-3-4-16(21)11-17/h3-7,10-11H,8-9H2,1-2H3,(H,24,25)(H2,22,23,26). The summed E-state index contributed by atoms with van der Waals surface area (Å²) >= 11 is 8.74. The van der Waals surface area contributed by atoms with E-state index in [0.717, 1.165) is 32.2 Å². The molecule has 0 atom stereocenters. The van der Waals surface area contributed by atoms with Crippen LogP contribution >= 0.6 is 28.1 Å².